The molecule has 0 aliphatic carbocycles. The third kappa shape index (κ3) is 4.53. The Morgan fingerprint density at radius 2 is 1.67 bits per heavy atom. The fourth-order valence-corrected chi connectivity index (χ4v) is 2.96. The van der Waals surface area contributed by atoms with E-state index in [4.69, 9.17) is 9.47 Å². The molecule has 0 aromatic heterocycles. The average Bonchev–Trinajstić information content (AvgIpc) is 3.08. The third-order valence-corrected chi connectivity index (χ3v) is 4.57. The highest BCUT2D eigenvalue weighted by Crippen LogP contribution is 2.34. The molecule has 1 aliphatic rings. The Morgan fingerprint density at radius 3 is 2.33 bits per heavy atom. The number of benzene rings is 2. The Bertz CT molecular complexity index is 818. The van der Waals surface area contributed by atoms with Crippen LogP contribution in [0.2, 0.25) is 0 Å². The van der Waals surface area contributed by atoms with Crippen LogP contribution in [0.15, 0.2) is 42.5 Å². The molecular weight excluding hydrogens is 359 g/mol. The molecule has 0 spiro atoms. The maximum absolute atomic E-state index is 12.6. The van der Waals surface area contributed by atoms with Crippen molar-refractivity contribution in [3.8, 4) is 11.5 Å². The zero-order valence-electron chi connectivity index (χ0n) is 15.0. The highest BCUT2D eigenvalue weighted by Gasteiger charge is 2.30. The third-order valence-electron chi connectivity index (χ3n) is 4.57. The number of hydrogen-bond acceptors (Lipinski definition) is 3. The first-order valence-corrected chi connectivity index (χ1v) is 8.60. The first-order chi connectivity index (χ1) is 12.7. The normalized spacial score (nSPS) is 15.3. The van der Waals surface area contributed by atoms with Crippen LogP contribution in [0, 0.1) is 0 Å². The maximum Gasteiger partial charge on any atom is 0.416 e. The molecule has 7 heteroatoms. The Morgan fingerprint density at radius 1 is 1.04 bits per heavy atom. The molecule has 0 bridgehead atoms. The largest absolute Gasteiger partial charge is 0.454 e. The molecule has 2 atom stereocenters. The molecule has 3 rings (SSSR count). The molecule has 2 aromatic rings. The first kappa shape index (κ1) is 19.1. The number of hydrogen-bond donors (Lipinski definition) is 1. The van der Waals surface area contributed by atoms with Crippen LogP contribution in [0.4, 0.5) is 13.2 Å². The van der Waals surface area contributed by atoms with E-state index >= 15 is 0 Å². The van der Waals surface area contributed by atoms with Crippen molar-refractivity contribution >= 4 is 5.91 Å². The molecule has 0 fully saturated rings. The second-order valence-corrected chi connectivity index (χ2v) is 6.63. The molecule has 27 heavy (non-hydrogen) atoms. The molecule has 144 valence electrons. The van der Waals surface area contributed by atoms with Crippen LogP contribution >= 0.6 is 0 Å². The Hall–Kier alpha value is -2.70. The van der Waals surface area contributed by atoms with E-state index in [9.17, 15) is 18.0 Å². The van der Waals surface area contributed by atoms with Crippen LogP contribution < -0.4 is 14.8 Å². The van der Waals surface area contributed by atoms with Crippen molar-refractivity contribution < 1.29 is 27.4 Å². The van der Waals surface area contributed by atoms with Crippen molar-refractivity contribution in [1.29, 1.82) is 0 Å². The van der Waals surface area contributed by atoms with E-state index in [0.717, 1.165) is 17.7 Å². The molecule has 1 heterocycles. The van der Waals surface area contributed by atoms with Gasteiger partial charge in [-0.3, -0.25) is 4.79 Å². The van der Waals surface area contributed by atoms with Crippen molar-refractivity contribution in [3.05, 3.63) is 59.2 Å². The van der Waals surface area contributed by atoms with Gasteiger partial charge in [0.2, 0.25) is 12.7 Å². The van der Waals surface area contributed by atoms with E-state index in [2.05, 4.69) is 5.32 Å². The molecule has 0 radical (unpaired) electrons. The predicted molar refractivity (Wildman–Crippen MR) is 93.6 cm³/mol. The van der Waals surface area contributed by atoms with Gasteiger partial charge in [0, 0.05) is 6.42 Å². The quantitative estimate of drug-likeness (QED) is 0.811. The van der Waals surface area contributed by atoms with Gasteiger partial charge in [0.25, 0.3) is 0 Å². The summed E-state index contributed by atoms with van der Waals surface area (Å²) >= 11 is 0. The lowest BCUT2D eigenvalue weighted by Crippen LogP contribution is -2.27. The zero-order chi connectivity index (χ0) is 19.6. The van der Waals surface area contributed by atoms with Gasteiger partial charge in [-0.05, 0) is 48.2 Å². The molecule has 2 unspecified atom stereocenters. The minimum absolute atomic E-state index is 0.174. The smallest absolute Gasteiger partial charge is 0.416 e. The van der Waals surface area contributed by atoms with Crippen LogP contribution in [0.25, 0.3) is 0 Å². The summed E-state index contributed by atoms with van der Waals surface area (Å²) < 4.78 is 48.5. The van der Waals surface area contributed by atoms with Crippen molar-refractivity contribution in [2.75, 3.05) is 6.79 Å². The van der Waals surface area contributed by atoms with E-state index in [0.29, 0.717) is 17.1 Å². The lowest BCUT2D eigenvalue weighted by molar-refractivity contribution is -0.137. The predicted octanol–water partition coefficient (Wildman–Crippen LogP) is 4.81. The standard InChI is InChI=1S/C20H20F3NO3/c1-12(14-3-6-16(7-4-14)20(21,22)23)9-19(25)24-13(2)15-5-8-17-18(10-15)27-11-26-17/h3-8,10,12-13H,9,11H2,1-2H3,(H,24,25). The average molecular weight is 379 g/mol. The maximum atomic E-state index is 12.6. The topological polar surface area (TPSA) is 47.6 Å². The zero-order valence-corrected chi connectivity index (χ0v) is 15.0. The van der Waals surface area contributed by atoms with Crippen molar-refractivity contribution in [1.82, 2.24) is 5.32 Å². The summed E-state index contributed by atoms with van der Waals surface area (Å²) in [6.45, 7) is 3.86. The number of carbonyl (C=O) groups is 1. The molecule has 1 amide bonds. The summed E-state index contributed by atoms with van der Waals surface area (Å²) in [5.74, 6) is 0.948. The Kier molecular flexibility index (Phi) is 5.30. The second-order valence-electron chi connectivity index (χ2n) is 6.63. The highest BCUT2D eigenvalue weighted by molar-refractivity contribution is 5.77. The van der Waals surface area contributed by atoms with Crippen LogP contribution in [0.3, 0.4) is 0 Å². The van der Waals surface area contributed by atoms with Crippen molar-refractivity contribution in [2.45, 2.75) is 38.4 Å². The minimum atomic E-state index is -4.36. The fraction of sp³-hybridized carbons (Fsp3) is 0.350. The molecule has 0 saturated carbocycles. The van der Waals surface area contributed by atoms with Crippen LogP contribution in [0.5, 0.6) is 11.5 Å². The van der Waals surface area contributed by atoms with E-state index in [1.54, 1.807) is 6.07 Å². The summed E-state index contributed by atoms with van der Waals surface area (Å²) in [5, 5.41) is 2.91. The lowest BCUT2D eigenvalue weighted by atomic mass is 9.96. The van der Waals surface area contributed by atoms with E-state index in [1.165, 1.54) is 12.1 Å². The van der Waals surface area contributed by atoms with Gasteiger partial charge in [-0.2, -0.15) is 13.2 Å². The fourth-order valence-electron chi connectivity index (χ4n) is 2.96. The van der Waals surface area contributed by atoms with Gasteiger partial charge in [-0.1, -0.05) is 25.1 Å². The number of rotatable bonds is 5. The van der Waals surface area contributed by atoms with E-state index in [-0.39, 0.29) is 31.1 Å². The Labute approximate surface area is 155 Å². The van der Waals surface area contributed by atoms with Gasteiger partial charge < -0.3 is 14.8 Å². The summed E-state index contributed by atoms with van der Waals surface area (Å²) in [6, 6.07) is 10.2. The lowest BCUT2D eigenvalue weighted by Gasteiger charge is -2.17. The second kappa shape index (κ2) is 7.50. The van der Waals surface area contributed by atoms with E-state index < -0.39 is 11.7 Å². The molecular formula is C20H20F3NO3. The number of fused-ring (bicyclic) bond motifs is 1. The number of amides is 1. The summed E-state index contributed by atoms with van der Waals surface area (Å²) in [7, 11) is 0. The van der Waals surface area contributed by atoms with Crippen LogP contribution in [-0.2, 0) is 11.0 Å². The highest BCUT2D eigenvalue weighted by atomic mass is 19.4. The van der Waals surface area contributed by atoms with Crippen LogP contribution in [0.1, 0.15) is 48.9 Å². The Balaban J connectivity index is 1.58. The van der Waals surface area contributed by atoms with Gasteiger partial charge >= 0.3 is 6.18 Å². The van der Waals surface area contributed by atoms with Gasteiger partial charge in [0.05, 0.1) is 11.6 Å². The van der Waals surface area contributed by atoms with Gasteiger partial charge in [-0.25, -0.2) is 0 Å². The van der Waals surface area contributed by atoms with Crippen molar-refractivity contribution in [2.24, 2.45) is 0 Å². The van der Waals surface area contributed by atoms with Gasteiger partial charge in [-0.15, -0.1) is 0 Å². The molecule has 4 nitrogen and oxygen atoms in total. The number of nitrogens with one attached hydrogen (secondary N) is 1. The SMILES string of the molecule is CC(CC(=O)NC(C)c1ccc2c(c1)OCO2)c1ccc(C(F)(F)F)cc1. The monoisotopic (exact) mass is 379 g/mol. The summed E-state index contributed by atoms with van der Waals surface area (Å²) in [5.41, 5.74) is 0.878. The number of carbonyl (C=O) groups excluding carboxylic acids is 1. The van der Waals surface area contributed by atoms with E-state index in [1.807, 2.05) is 26.0 Å². The summed E-state index contributed by atoms with van der Waals surface area (Å²) in [4.78, 5) is 12.3. The summed E-state index contributed by atoms with van der Waals surface area (Å²) in [6.07, 6.45) is -4.18. The van der Waals surface area contributed by atoms with Gasteiger partial charge in [0.1, 0.15) is 0 Å². The first-order valence-electron chi connectivity index (χ1n) is 8.60. The molecule has 0 saturated heterocycles. The minimum Gasteiger partial charge on any atom is -0.454 e. The number of halogens is 3. The number of ether oxygens (including phenoxy) is 2. The molecule has 1 N–H and O–H groups in total. The molecule has 1 aliphatic heterocycles. The van der Waals surface area contributed by atoms with Crippen LogP contribution in [-0.4, -0.2) is 12.7 Å². The van der Waals surface area contributed by atoms with Gasteiger partial charge in [0.15, 0.2) is 11.5 Å². The number of alkyl halides is 3. The molecule has 2 aromatic carbocycles. The van der Waals surface area contributed by atoms with Crippen molar-refractivity contribution in [3.63, 3.8) is 0 Å².